The van der Waals surface area contributed by atoms with Crippen molar-refractivity contribution in [3.63, 3.8) is 0 Å². The number of amidine groups is 1. The summed E-state index contributed by atoms with van der Waals surface area (Å²) in [6.07, 6.45) is 3.98. The van der Waals surface area contributed by atoms with Crippen molar-refractivity contribution in [1.82, 2.24) is 0 Å². The van der Waals surface area contributed by atoms with Crippen molar-refractivity contribution in [3.8, 4) is 0 Å². The average molecular weight is 247 g/mol. The number of rotatable bonds is 4. The average Bonchev–Trinajstić information content (AvgIpc) is 2.32. The highest BCUT2D eigenvalue weighted by Gasteiger charge is 2.21. The molecule has 1 aliphatic rings. The molecular weight excluding hydrogens is 226 g/mol. The summed E-state index contributed by atoms with van der Waals surface area (Å²) in [5.74, 6) is 0.962. The Morgan fingerprint density at radius 1 is 1.50 bits per heavy atom. The van der Waals surface area contributed by atoms with Crippen LogP contribution in [0.15, 0.2) is 23.4 Å². The molecule has 2 rings (SSSR count). The maximum atomic E-state index is 8.87. The highest BCUT2D eigenvalue weighted by Crippen LogP contribution is 2.31. The van der Waals surface area contributed by atoms with Crippen LogP contribution in [0, 0.1) is 12.8 Å². The van der Waals surface area contributed by atoms with Crippen LogP contribution in [0.25, 0.3) is 0 Å². The molecule has 0 aromatic heterocycles. The second-order valence-electron chi connectivity index (χ2n) is 5.13. The zero-order valence-electron chi connectivity index (χ0n) is 11.1. The lowest BCUT2D eigenvalue weighted by Crippen LogP contribution is -2.31. The molecular formula is C14H21N3O. The van der Waals surface area contributed by atoms with E-state index >= 15 is 0 Å². The summed E-state index contributed by atoms with van der Waals surface area (Å²) in [5.41, 5.74) is 8.78. The van der Waals surface area contributed by atoms with Gasteiger partial charge in [0, 0.05) is 19.2 Å². The Morgan fingerprint density at radius 2 is 2.22 bits per heavy atom. The third-order valence-electron chi connectivity index (χ3n) is 3.76. The number of hydrogen-bond donors (Lipinski definition) is 2. The number of oxime groups is 1. The van der Waals surface area contributed by atoms with E-state index in [4.69, 9.17) is 10.9 Å². The molecule has 4 nitrogen and oxygen atoms in total. The van der Waals surface area contributed by atoms with Gasteiger partial charge in [-0.3, -0.25) is 0 Å². The molecule has 0 bridgehead atoms. The summed E-state index contributed by atoms with van der Waals surface area (Å²) in [7, 11) is 2.08. The SMILES string of the molecule is Cc1cccc(/C(N)=N/O)c1N(C)CC1CCC1. The highest BCUT2D eigenvalue weighted by molar-refractivity contribution is 6.02. The number of nitrogens with two attached hydrogens (primary N) is 1. The molecule has 3 N–H and O–H groups in total. The molecule has 0 atom stereocenters. The van der Waals surface area contributed by atoms with Crippen LogP contribution < -0.4 is 10.6 Å². The van der Waals surface area contributed by atoms with Gasteiger partial charge in [0.1, 0.15) is 0 Å². The highest BCUT2D eigenvalue weighted by atomic mass is 16.4. The molecule has 1 aliphatic carbocycles. The van der Waals surface area contributed by atoms with E-state index in [1.165, 1.54) is 19.3 Å². The van der Waals surface area contributed by atoms with E-state index in [1.54, 1.807) is 0 Å². The Hall–Kier alpha value is -1.71. The third-order valence-corrected chi connectivity index (χ3v) is 3.76. The lowest BCUT2D eigenvalue weighted by atomic mass is 9.85. The van der Waals surface area contributed by atoms with Crippen molar-refractivity contribution >= 4 is 11.5 Å². The summed E-state index contributed by atoms with van der Waals surface area (Å²) in [4.78, 5) is 2.23. The van der Waals surface area contributed by atoms with Crippen LogP contribution >= 0.6 is 0 Å². The summed E-state index contributed by atoms with van der Waals surface area (Å²) in [6, 6.07) is 5.89. The lowest BCUT2D eigenvalue weighted by molar-refractivity contribution is 0.318. The van der Waals surface area contributed by atoms with E-state index in [-0.39, 0.29) is 5.84 Å². The maximum Gasteiger partial charge on any atom is 0.172 e. The molecule has 0 radical (unpaired) electrons. The van der Waals surface area contributed by atoms with Gasteiger partial charge in [-0.25, -0.2) is 0 Å². The molecule has 1 fully saturated rings. The fourth-order valence-electron chi connectivity index (χ4n) is 2.58. The van der Waals surface area contributed by atoms with Crippen molar-refractivity contribution in [2.24, 2.45) is 16.8 Å². The summed E-state index contributed by atoms with van der Waals surface area (Å²) < 4.78 is 0. The first-order chi connectivity index (χ1) is 8.63. The van der Waals surface area contributed by atoms with E-state index in [0.29, 0.717) is 0 Å². The van der Waals surface area contributed by atoms with Crippen LogP contribution in [-0.2, 0) is 0 Å². The zero-order chi connectivity index (χ0) is 13.1. The minimum atomic E-state index is 0.175. The van der Waals surface area contributed by atoms with Crippen LogP contribution in [0.3, 0.4) is 0 Å². The molecule has 0 spiro atoms. The van der Waals surface area contributed by atoms with Crippen molar-refractivity contribution < 1.29 is 5.21 Å². The van der Waals surface area contributed by atoms with Crippen molar-refractivity contribution in [1.29, 1.82) is 0 Å². The van der Waals surface area contributed by atoms with Crippen LogP contribution in [0.1, 0.15) is 30.4 Å². The van der Waals surface area contributed by atoms with Gasteiger partial charge in [-0.05, 0) is 37.3 Å². The van der Waals surface area contributed by atoms with Gasteiger partial charge in [0.25, 0.3) is 0 Å². The zero-order valence-corrected chi connectivity index (χ0v) is 11.1. The molecule has 0 aliphatic heterocycles. The van der Waals surface area contributed by atoms with Crippen LogP contribution in [0.5, 0.6) is 0 Å². The largest absolute Gasteiger partial charge is 0.409 e. The third kappa shape index (κ3) is 2.42. The normalized spacial score (nSPS) is 16.4. The van der Waals surface area contributed by atoms with Gasteiger partial charge in [0.15, 0.2) is 5.84 Å². The smallest absolute Gasteiger partial charge is 0.172 e. The molecule has 98 valence electrons. The van der Waals surface area contributed by atoms with Gasteiger partial charge in [0.05, 0.1) is 5.69 Å². The number of anilines is 1. The van der Waals surface area contributed by atoms with Gasteiger partial charge in [-0.15, -0.1) is 0 Å². The second-order valence-corrected chi connectivity index (χ2v) is 5.13. The van der Waals surface area contributed by atoms with E-state index in [0.717, 1.165) is 29.3 Å². The van der Waals surface area contributed by atoms with Gasteiger partial charge >= 0.3 is 0 Å². The molecule has 0 amide bonds. The molecule has 4 heteroatoms. The van der Waals surface area contributed by atoms with E-state index in [2.05, 4.69) is 30.1 Å². The van der Waals surface area contributed by atoms with Crippen molar-refractivity contribution in [2.45, 2.75) is 26.2 Å². The molecule has 0 unspecified atom stereocenters. The Labute approximate surface area is 108 Å². The van der Waals surface area contributed by atoms with E-state index < -0.39 is 0 Å². The first-order valence-corrected chi connectivity index (χ1v) is 6.42. The molecule has 0 saturated heterocycles. The Kier molecular flexibility index (Phi) is 3.75. The number of nitrogens with zero attached hydrogens (tertiary/aromatic N) is 2. The Morgan fingerprint density at radius 3 is 2.78 bits per heavy atom. The number of benzene rings is 1. The van der Waals surface area contributed by atoms with Crippen molar-refractivity contribution in [3.05, 3.63) is 29.3 Å². The van der Waals surface area contributed by atoms with Crippen molar-refractivity contribution in [2.75, 3.05) is 18.5 Å². The minimum absolute atomic E-state index is 0.175. The van der Waals surface area contributed by atoms with Crippen LogP contribution in [0.2, 0.25) is 0 Å². The molecule has 0 heterocycles. The Bertz CT molecular complexity index is 452. The summed E-state index contributed by atoms with van der Waals surface area (Å²) in [6.45, 7) is 3.09. The second kappa shape index (κ2) is 5.29. The fourth-order valence-corrected chi connectivity index (χ4v) is 2.58. The summed E-state index contributed by atoms with van der Waals surface area (Å²) in [5, 5.41) is 12.0. The first kappa shape index (κ1) is 12.7. The fraction of sp³-hybridized carbons (Fsp3) is 0.500. The van der Waals surface area contributed by atoms with Gasteiger partial charge in [-0.2, -0.15) is 0 Å². The molecule has 18 heavy (non-hydrogen) atoms. The molecule has 1 saturated carbocycles. The number of hydrogen-bond acceptors (Lipinski definition) is 3. The predicted molar refractivity (Wildman–Crippen MR) is 74.3 cm³/mol. The number of para-hydroxylation sites is 1. The van der Waals surface area contributed by atoms with E-state index in [9.17, 15) is 0 Å². The predicted octanol–water partition coefficient (Wildman–Crippen LogP) is 2.33. The van der Waals surface area contributed by atoms with Crippen LogP contribution in [0.4, 0.5) is 5.69 Å². The molecule has 1 aromatic rings. The topological polar surface area (TPSA) is 61.9 Å². The molecule has 1 aromatic carbocycles. The van der Waals surface area contributed by atoms with E-state index in [1.807, 2.05) is 12.1 Å². The quantitative estimate of drug-likeness (QED) is 0.371. The monoisotopic (exact) mass is 247 g/mol. The van der Waals surface area contributed by atoms with Crippen LogP contribution in [-0.4, -0.2) is 24.6 Å². The van der Waals surface area contributed by atoms with Gasteiger partial charge < -0.3 is 15.8 Å². The van der Waals surface area contributed by atoms with Gasteiger partial charge in [0.2, 0.25) is 0 Å². The summed E-state index contributed by atoms with van der Waals surface area (Å²) >= 11 is 0. The van der Waals surface area contributed by atoms with Gasteiger partial charge in [-0.1, -0.05) is 23.7 Å². The standard InChI is InChI=1S/C14H21N3O/c1-10-5-3-8-12(14(15)16-18)13(10)17(2)9-11-6-4-7-11/h3,5,8,11,18H,4,6-7,9H2,1-2H3,(H2,15,16). The minimum Gasteiger partial charge on any atom is -0.409 e. The maximum absolute atomic E-state index is 8.87. The number of aryl methyl sites for hydroxylation is 1. The lowest BCUT2D eigenvalue weighted by Gasteiger charge is -2.33. The Balaban J connectivity index is 2.28. The first-order valence-electron chi connectivity index (χ1n) is 6.42.